The summed E-state index contributed by atoms with van der Waals surface area (Å²) in [5, 5.41) is 2.70. The molecule has 0 aromatic heterocycles. The number of esters is 1. The summed E-state index contributed by atoms with van der Waals surface area (Å²) in [7, 11) is 0. The number of hydrogen-bond donors (Lipinski definition) is 1. The molecule has 0 aliphatic rings. The SMILES string of the molecule is CCOC(=O)Cc1cc(F)c(F)cc1CNC(=O)c1cccc(C)c1C. The standard InChI is InChI=1S/C20H21F2NO3/c1-4-26-19(24)10-14-8-17(21)18(22)9-15(14)11-23-20(25)16-7-5-6-12(2)13(16)3/h5-9H,4,10-11H2,1-3H3,(H,23,25). The molecule has 0 fully saturated rings. The molecule has 2 aromatic carbocycles. The number of aryl methyl sites for hydroxylation is 1. The number of halogens is 2. The van der Waals surface area contributed by atoms with Crippen molar-refractivity contribution in [1.82, 2.24) is 5.32 Å². The Labute approximate surface area is 151 Å². The molecule has 0 radical (unpaired) electrons. The molecule has 0 saturated heterocycles. The van der Waals surface area contributed by atoms with Gasteiger partial charge in [-0.05, 0) is 61.2 Å². The van der Waals surface area contributed by atoms with E-state index in [0.717, 1.165) is 23.3 Å². The number of carbonyl (C=O) groups excluding carboxylic acids is 2. The summed E-state index contributed by atoms with van der Waals surface area (Å²) in [5.41, 5.74) is 2.95. The predicted octanol–water partition coefficient (Wildman–Crippen LogP) is 3.62. The van der Waals surface area contributed by atoms with Gasteiger partial charge in [0.15, 0.2) is 11.6 Å². The van der Waals surface area contributed by atoms with Gasteiger partial charge in [0.1, 0.15) is 0 Å². The van der Waals surface area contributed by atoms with E-state index in [-0.39, 0.29) is 31.0 Å². The van der Waals surface area contributed by atoms with Crippen LogP contribution < -0.4 is 5.32 Å². The van der Waals surface area contributed by atoms with Crippen molar-refractivity contribution in [2.75, 3.05) is 6.61 Å². The normalized spacial score (nSPS) is 10.5. The van der Waals surface area contributed by atoms with Gasteiger partial charge in [-0.2, -0.15) is 0 Å². The Morgan fingerprint density at radius 3 is 2.38 bits per heavy atom. The molecule has 26 heavy (non-hydrogen) atoms. The molecule has 6 heteroatoms. The van der Waals surface area contributed by atoms with Crippen LogP contribution in [0, 0.1) is 25.5 Å². The monoisotopic (exact) mass is 361 g/mol. The van der Waals surface area contributed by atoms with Crippen molar-refractivity contribution in [2.24, 2.45) is 0 Å². The molecule has 2 rings (SSSR count). The summed E-state index contributed by atoms with van der Waals surface area (Å²) in [6.45, 7) is 5.57. The van der Waals surface area contributed by atoms with Crippen LogP contribution in [0.5, 0.6) is 0 Å². The highest BCUT2D eigenvalue weighted by Gasteiger charge is 2.16. The number of hydrogen-bond acceptors (Lipinski definition) is 3. The third-order valence-electron chi connectivity index (χ3n) is 4.17. The molecular weight excluding hydrogens is 340 g/mol. The Bertz CT molecular complexity index is 834. The first-order valence-corrected chi connectivity index (χ1v) is 8.30. The van der Waals surface area contributed by atoms with Gasteiger partial charge in [-0.1, -0.05) is 12.1 Å². The van der Waals surface area contributed by atoms with Gasteiger partial charge >= 0.3 is 5.97 Å². The molecule has 4 nitrogen and oxygen atoms in total. The minimum atomic E-state index is -1.05. The lowest BCUT2D eigenvalue weighted by molar-refractivity contribution is -0.142. The molecule has 0 bridgehead atoms. The minimum Gasteiger partial charge on any atom is -0.466 e. The molecule has 0 aliphatic heterocycles. The lowest BCUT2D eigenvalue weighted by Gasteiger charge is -2.13. The van der Waals surface area contributed by atoms with Crippen LogP contribution in [0.15, 0.2) is 30.3 Å². The maximum atomic E-state index is 13.6. The summed E-state index contributed by atoms with van der Waals surface area (Å²) in [6.07, 6.45) is -0.195. The largest absolute Gasteiger partial charge is 0.466 e. The highest BCUT2D eigenvalue weighted by atomic mass is 19.2. The van der Waals surface area contributed by atoms with Crippen molar-refractivity contribution >= 4 is 11.9 Å². The average Bonchev–Trinajstić information content (AvgIpc) is 2.59. The number of rotatable bonds is 6. The molecule has 1 N–H and O–H groups in total. The fourth-order valence-corrected chi connectivity index (χ4v) is 2.59. The molecule has 2 aromatic rings. The third kappa shape index (κ3) is 4.65. The lowest BCUT2D eigenvalue weighted by atomic mass is 10.0. The van der Waals surface area contributed by atoms with Gasteiger partial charge in [0.05, 0.1) is 13.0 Å². The predicted molar refractivity (Wildman–Crippen MR) is 93.8 cm³/mol. The first kappa shape index (κ1) is 19.6. The van der Waals surface area contributed by atoms with Gasteiger partial charge < -0.3 is 10.1 Å². The third-order valence-corrected chi connectivity index (χ3v) is 4.17. The van der Waals surface area contributed by atoms with Gasteiger partial charge in [0.2, 0.25) is 0 Å². The fraction of sp³-hybridized carbons (Fsp3) is 0.300. The quantitative estimate of drug-likeness (QED) is 0.800. The second-order valence-electron chi connectivity index (χ2n) is 5.95. The van der Waals surface area contributed by atoms with Crippen molar-refractivity contribution in [1.29, 1.82) is 0 Å². The van der Waals surface area contributed by atoms with Crippen molar-refractivity contribution in [3.05, 3.63) is 69.8 Å². The van der Waals surface area contributed by atoms with Gasteiger partial charge in [0, 0.05) is 12.1 Å². The van der Waals surface area contributed by atoms with E-state index in [1.165, 1.54) is 0 Å². The summed E-state index contributed by atoms with van der Waals surface area (Å²) in [4.78, 5) is 24.1. The van der Waals surface area contributed by atoms with E-state index in [1.54, 1.807) is 19.1 Å². The average molecular weight is 361 g/mol. The summed E-state index contributed by atoms with van der Waals surface area (Å²) >= 11 is 0. The van der Waals surface area contributed by atoms with Crippen LogP contribution in [0.4, 0.5) is 8.78 Å². The van der Waals surface area contributed by atoms with Crippen LogP contribution in [0.3, 0.4) is 0 Å². The molecule has 0 spiro atoms. The van der Waals surface area contributed by atoms with E-state index < -0.39 is 17.6 Å². The second-order valence-corrected chi connectivity index (χ2v) is 5.95. The maximum absolute atomic E-state index is 13.6. The first-order chi connectivity index (χ1) is 12.3. The Hall–Kier alpha value is -2.76. The Morgan fingerprint density at radius 1 is 1.08 bits per heavy atom. The van der Waals surface area contributed by atoms with E-state index in [4.69, 9.17) is 4.74 Å². The molecular formula is C20H21F2NO3. The Morgan fingerprint density at radius 2 is 1.73 bits per heavy atom. The van der Waals surface area contributed by atoms with Gasteiger partial charge in [-0.15, -0.1) is 0 Å². The first-order valence-electron chi connectivity index (χ1n) is 8.30. The number of ether oxygens (including phenoxy) is 1. The van der Waals surface area contributed by atoms with Crippen LogP contribution in [0.25, 0.3) is 0 Å². The molecule has 0 unspecified atom stereocenters. The highest BCUT2D eigenvalue weighted by molar-refractivity contribution is 5.95. The summed E-state index contributed by atoms with van der Waals surface area (Å²) in [6, 6.07) is 7.33. The molecule has 0 heterocycles. The number of benzene rings is 2. The number of nitrogens with one attached hydrogen (secondary N) is 1. The van der Waals surface area contributed by atoms with Crippen LogP contribution in [0.1, 0.15) is 39.5 Å². The van der Waals surface area contributed by atoms with Crippen LogP contribution in [-0.2, 0) is 22.5 Å². The minimum absolute atomic E-state index is 0.0296. The van der Waals surface area contributed by atoms with Crippen molar-refractivity contribution in [3.8, 4) is 0 Å². The lowest BCUT2D eigenvalue weighted by Crippen LogP contribution is -2.25. The smallest absolute Gasteiger partial charge is 0.310 e. The molecule has 0 aliphatic carbocycles. The Kier molecular flexibility index (Phi) is 6.44. The zero-order chi connectivity index (χ0) is 19.3. The summed E-state index contributed by atoms with van der Waals surface area (Å²) < 4.78 is 32.0. The van der Waals surface area contributed by atoms with Gasteiger partial charge in [-0.3, -0.25) is 9.59 Å². The number of carbonyl (C=O) groups is 2. The molecule has 0 atom stereocenters. The highest BCUT2D eigenvalue weighted by Crippen LogP contribution is 2.17. The fourth-order valence-electron chi connectivity index (χ4n) is 2.59. The van der Waals surface area contributed by atoms with E-state index in [0.29, 0.717) is 11.1 Å². The van der Waals surface area contributed by atoms with Crippen LogP contribution in [-0.4, -0.2) is 18.5 Å². The number of amides is 1. The maximum Gasteiger partial charge on any atom is 0.310 e. The van der Waals surface area contributed by atoms with Crippen molar-refractivity contribution in [3.63, 3.8) is 0 Å². The zero-order valence-corrected chi connectivity index (χ0v) is 15.0. The zero-order valence-electron chi connectivity index (χ0n) is 15.0. The van der Waals surface area contributed by atoms with E-state index in [9.17, 15) is 18.4 Å². The van der Waals surface area contributed by atoms with Gasteiger partial charge in [-0.25, -0.2) is 8.78 Å². The molecule has 0 saturated carbocycles. The van der Waals surface area contributed by atoms with Gasteiger partial charge in [0.25, 0.3) is 5.91 Å². The topological polar surface area (TPSA) is 55.4 Å². The van der Waals surface area contributed by atoms with Crippen LogP contribution >= 0.6 is 0 Å². The van der Waals surface area contributed by atoms with Crippen molar-refractivity contribution in [2.45, 2.75) is 33.7 Å². The second kappa shape index (κ2) is 8.56. The van der Waals surface area contributed by atoms with Crippen LogP contribution in [0.2, 0.25) is 0 Å². The summed E-state index contributed by atoms with van der Waals surface area (Å²) in [5.74, 6) is -2.94. The van der Waals surface area contributed by atoms with E-state index in [2.05, 4.69) is 5.32 Å². The van der Waals surface area contributed by atoms with Crippen molar-refractivity contribution < 1.29 is 23.1 Å². The van der Waals surface area contributed by atoms with E-state index in [1.807, 2.05) is 19.9 Å². The molecule has 1 amide bonds. The molecule has 138 valence electrons. The Balaban J connectivity index is 2.20. The van der Waals surface area contributed by atoms with E-state index >= 15 is 0 Å².